The van der Waals surface area contributed by atoms with Crippen molar-refractivity contribution in [2.45, 2.75) is 49.2 Å². The molecule has 1 saturated heterocycles. The molecule has 184 valence electrons. The summed E-state index contributed by atoms with van der Waals surface area (Å²) in [6.45, 7) is 4.67. The lowest BCUT2D eigenvalue weighted by molar-refractivity contribution is -0.131. The Morgan fingerprint density at radius 1 is 1.09 bits per heavy atom. The van der Waals surface area contributed by atoms with Crippen LogP contribution in [0, 0.1) is 0 Å². The molecular formula is C25H27N3O6S. The van der Waals surface area contributed by atoms with Gasteiger partial charge in [0.25, 0.3) is 0 Å². The summed E-state index contributed by atoms with van der Waals surface area (Å²) >= 11 is 0. The van der Waals surface area contributed by atoms with Crippen molar-refractivity contribution in [3.8, 4) is 23.0 Å². The van der Waals surface area contributed by atoms with E-state index in [0.717, 1.165) is 24.0 Å². The first-order valence-electron chi connectivity index (χ1n) is 11.7. The number of carbonyl (C=O) groups excluding carboxylic acids is 1. The third kappa shape index (κ3) is 4.75. The molecule has 2 aliphatic rings. The zero-order valence-corrected chi connectivity index (χ0v) is 20.5. The Bertz CT molecular complexity index is 1330. The van der Waals surface area contributed by atoms with Gasteiger partial charge in [0, 0.05) is 18.7 Å². The standard InChI is InChI=1S/C25H27N3O6S/c1-16(2)35(30,31)20-8-5-17(6-9-20)12-23(29)28-11-3-4-19(14-28)25-27-26-24(34-25)18-7-10-21-22(13-18)33-15-32-21/h5-10,13,16,19H,3-4,11-12,14-15H2,1-2H3/t19-/m1/s1. The summed E-state index contributed by atoms with van der Waals surface area (Å²) in [4.78, 5) is 15.1. The van der Waals surface area contributed by atoms with E-state index in [1.165, 1.54) is 0 Å². The molecule has 3 aromatic rings. The number of hydrogen-bond donors (Lipinski definition) is 0. The number of likely N-dealkylation sites (tertiary alicyclic amines) is 1. The molecule has 0 radical (unpaired) electrons. The van der Waals surface area contributed by atoms with Crippen LogP contribution in [0.15, 0.2) is 51.8 Å². The Balaban J connectivity index is 1.24. The molecule has 0 unspecified atom stereocenters. The number of nitrogens with zero attached hydrogens (tertiary/aromatic N) is 3. The highest BCUT2D eigenvalue weighted by Crippen LogP contribution is 2.36. The van der Waals surface area contributed by atoms with Gasteiger partial charge in [-0.15, -0.1) is 10.2 Å². The number of rotatable bonds is 6. The molecule has 1 amide bonds. The average Bonchev–Trinajstić information content (AvgIpc) is 3.54. The van der Waals surface area contributed by atoms with Crippen molar-refractivity contribution in [1.82, 2.24) is 15.1 Å². The van der Waals surface area contributed by atoms with Crippen molar-refractivity contribution in [3.63, 3.8) is 0 Å². The second-order valence-electron chi connectivity index (χ2n) is 9.11. The van der Waals surface area contributed by atoms with Gasteiger partial charge in [0.15, 0.2) is 21.3 Å². The van der Waals surface area contributed by atoms with E-state index in [1.807, 2.05) is 23.1 Å². The fourth-order valence-electron chi connectivity index (χ4n) is 4.31. The second-order valence-corrected chi connectivity index (χ2v) is 11.6. The van der Waals surface area contributed by atoms with E-state index < -0.39 is 15.1 Å². The van der Waals surface area contributed by atoms with Gasteiger partial charge in [-0.25, -0.2) is 8.42 Å². The highest BCUT2D eigenvalue weighted by atomic mass is 32.2. The molecule has 0 N–H and O–H groups in total. The maximum absolute atomic E-state index is 13.0. The van der Waals surface area contributed by atoms with Crippen LogP contribution in [-0.4, -0.2) is 54.6 Å². The predicted molar refractivity (Wildman–Crippen MR) is 127 cm³/mol. The molecule has 1 aromatic heterocycles. The molecule has 35 heavy (non-hydrogen) atoms. The van der Waals surface area contributed by atoms with E-state index in [2.05, 4.69) is 10.2 Å². The maximum Gasteiger partial charge on any atom is 0.247 e. The molecule has 5 rings (SSSR count). The SMILES string of the molecule is CC(C)S(=O)(=O)c1ccc(CC(=O)N2CCC[C@@H](c3nnc(-c4ccc5c(c4)OCO5)o3)C2)cc1. The topological polar surface area (TPSA) is 112 Å². The van der Waals surface area contributed by atoms with Gasteiger partial charge in [-0.1, -0.05) is 12.1 Å². The number of ether oxygens (including phenoxy) is 2. The summed E-state index contributed by atoms with van der Waals surface area (Å²) in [6.07, 6.45) is 1.90. The van der Waals surface area contributed by atoms with E-state index >= 15 is 0 Å². The molecule has 2 aliphatic heterocycles. The Kier molecular flexibility index (Phi) is 6.22. The Morgan fingerprint density at radius 3 is 2.63 bits per heavy atom. The van der Waals surface area contributed by atoms with Crippen molar-refractivity contribution in [3.05, 3.63) is 53.9 Å². The van der Waals surface area contributed by atoms with E-state index in [1.54, 1.807) is 38.1 Å². The first-order chi connectivity index (χ1) is 16.8. The zero-order chi connectivity index (χ0) is 24.6. The van der Waals surface area contributed by atoms with Crippen LogP contribution in [-0.2, 0) is 21.1 Å². The fraction of sp³-hybridized carbons (Fsp3) is 0.400. The predicted octanol–water partition coefficient (Wildman–Crippen LogP) is 3.60. The summed E-state index contributed by atoms with van der Waals surface area (Å²) in [6, 6.07) is 12.1. The van der Waals surface area contributed by atoms with Gasteiger partial charge < -0.3 is 18.8 Å². The summed E-state index contributed by atoms with van der Waals surface area (Å²) in [5, 5.41) is 7.96. The molecule has 0 aliphatic carbocycles. The van der Waals surface area contributed by atoms with Crippen molar-refractivity contribution in [1.29, 1.82) is 0 Å². The van der Waals surface area contributed by atoms with Crippen molar-refractivity contribution < 1.29 is 27.1 Å². The zero-order valence-electron chi connectivity index (χ0n) is 19.6. The highest BCUT2D eigenvalue weighted by molar-refractivity contribution is 7.92. The Morgan fingerprint density at radius 2 is 1.86 bits per heavy atom. The first kappa shape index (κ1) is 23.3. The number of sulfone groups is 1. The molecular weight excluding hydrogens is 470 g/mol. The largest absolute Gasteiger partial charge is 0.454 e. The quantitative estimate of drug-likeness (QED) is 0.508. The van der Waals surface area contributed by atoms with Gasteiger partial charge in [0.05, 0.1) is 22.5 Å². The smallest absolute Gasteiger partial charge is 0.247 e. The molecule has 0 spiro atoms. The number of piperidine rings is 1. The van der Waals surface area contributed by atoms with E-state index in [0.29, 0.717) is 36.4 Å². The molecule has 1 atom stereocenters. The number of aromatic nitrogens is 2. The molecule has 2 aromatic carbocycles. The number of amides is 1. The minimum absolute atomic E-state index is 0.00956. The maximum atomic E-state index is 13.0. The van der Waals surface area contributed by atoms with Crippen LogP contribution >= 0.6 is 0 Å². The minimum Gasteiger partial charge on any atom is -0.454 e. The Hall–Kier alpha value is -3.40. The molecule has 10 heteroatoms. The van der Waals surface area contributed by atoms with Crippen LogP contribution in [0.25, 0.3) is 11.5 Å². The molecule has 0 bridgehead atoms. The number of benzene rings is 2. The van der Waals surface area contributed by atoms with Crippen molar-refractivity contribution >= 4 is 15.7 Å². The normalized spacial score (nSPS) is 17.7. The summed E-state index contributed by atoms with van der Waals surface area (Å²) in [5.41, 5.74) is 1.53. The molecule has 3 heterocycles. The fourth-order valence-corrected chi connectivity index (χ4v) is 5.37. The van der Waals surface area contributed by atoms with E-state index in [9.17, 15) is 13.2 Å². The summed E-state index contributed by atoms with van der Waals surface area (Å²) < 4.78 is 41.4. The third-order valence-corrected chi connectivity index (χ3v) is 8.58. The monoisotopic (exact) mass is 497 g/mol. The van der Waals surface area contributed by atoms with E-state index in [-0.39, 0.29) is 29.9 Å². The average molecular weight is 498 g/mol. The second kappa shape index (κ2) is 9.33. The van der Waals surface area contributed by atoms with E-state index in [4.69, 9.17) is 13.9 Å². The van der Waals surface area contributed by atoms with Crippen LogP contribution in [0.4, 0.5) is 0 Å². The van der Waals surface area contributed by atoms with Crippen LogP contribution in [0.5, 0.6) is 11.5 Å². The minimum atomic E-state index is -3.33. The van der Waals surface area contributed by atoms with Gasteiger partial charge in [0.2, 0.25) is 24.5 Å². The Labute approximate surface area is 204 Å². The molecule has 1 fully saturated rings. The number of fused-ring (bicyclic) bond motifs is 1. The van der Waals surface area contributed by atoms with Gasteiger partial charge in [-0.3, -0.25) is 4.79 Å². The number of hydrogen-bond acceptors (Lipinski definition) is 8. The van der Waals surface area contributed by atoms with Crippen LogP contribution in [0.2, 0.25) is 0 Å². The third-order valence-electron chi connectivity index (χ3n) is 6.41. The first-order valence-corrected chi connectivity index (χ1v) is 13.2. The van der Waals surface area contributed by atoms with Crippen LogP contribution in [0.3, 0.4) is 0 Å². The lowest BCUT2D eigenvalue weighted by Gasteiger charge is -2.31. The summed E-state index contributed by atoms with van der Waals surface area (Å²) in [7, 11) is -3.33. The van der Waals surface area contributed by atoms with Gasteiger partial charge in [-0.2, -0.15) is 0 Å². The molecule has 0 saturated carbocycles. The van der Waals surface area contributed by atoms with Gasteiger partial charge in [-0.05, 0) is 62.6 Å². The van der Waals surface area contributed by atoms with Gasteiger partial charge in [0.1, 0.15) is 0 Å². The van der Waals surface area contributed by atoms with Gasteiger partial charge >= 0.3 is 0 Å². The van der Waals surface area contributed by atoms with Crippen LogP contribution in [0.1, 0.15) is 44.1 Å². The van der Waals surface area contributed by atoms with Crippen LogP contribution < -0.4 is 9.47 Å². The molecule has 9 nitrogen and oxygen atoms in total. The van der Waals surface area contributed by atoms with Crippen molar-refractivity contribution in [2.75, 3.05) is 19.9 Å². The lowest BCUT2D eigenvalue weighted by Crippen LogP contribution is -2.40. The lowest BCUT2D eigenvalue weighted by atomic mass is 9.97. The summed E-state index contributed by atoms with van der Waals surface area (Å²) in [5.74, 6) is 2.19. The van der Waals surface area contributed by atoms with Crippen molar-refractivity contribution in [2.24, 2.45) is 0 Å². The number of carbonyl (C=O) groups is 1. The highest BCUT2D eigenvalue weighted by Gasteiger charge is 2.29.